The van der Waals surface area contributed by atoms with Gasteiger partial charge in [0.2, 0.25) is 0 Å². The number of nitrogens with zero attached hydrogens (tertiary/aromatic N) is 1. The molecule has 0 N–H and O–H groups in total. The van der Waals surface area contributed by atoms with E-state index in [4.69, 9.17) is 46.4 Å². The molecule has 2 aromatic rings. The first-order chi connectivity index (χ1) is 7.99. The Morgan fingerprint density at radius 2 is 1.47 bits per heavy atom. The smallest absolute Gasteiger partial charge is 0.0918 e. The van der Waals surface area contributed by atoms with Crippen LogP contribution in [0, 0.1) is 3.57 Å². The van der Waals surface area contributed by atoms with E-state index in [0.29, 0.717) is 31.3 Å². The highest BCUT2D eigenvalue weighted by Crippen LogP contribution is 2.39. The Bertz CT molecular complexity index is 563. The first kappa shape index (κ1) is 13.7. The SMILES string of the molecule is Clc1cc(Cl)c(-c2ncc(I)cc2Cl)c(Cl)c1. The zero-order valence-electron chi connectivity index (χ0n) is 8.15. The Labute approximate surface area is 132 Å². The summed E-state index contributed by atoms with van der Waals surface area (Å²) in [5, 5.41) is 1.84. The van der Waals surface area contributed by atoms with Crippen LogP contribution in [0.25, 0.3) is 11.3 Å². The predicted molar refractivity (Wildman–Crippen MR) is 82.4 cm³/mol. The Morgan fingerprint density at radius 3 is 2.00 bits per heavy atom. The van der Waals surface area contributed by atoms with Crippen molar-refractivity contribution in [2.24, 2.45) is 0 Å². The molecule has 1 heterocycles. The molecular weight excluding hydrogens is 415 g/mol. The van der Waals surface area contributed by atoms with Crippen molar-refractivity contribution in [2.75, 3.05) is 0 Å². The fourth-order valence-corrected chi connectivity index (χ4v) is 3.26. The Kier molecular flexibility index (Phi) is 4.42. The summed E-state index contributed by atoms with van der Waals surface area (Å²) < 4.78 is 0.942. The minimum absolute atomic E-state index is 0.429. The number of halogens is 5. The lowest BCUT2D eigenvalue weighted by molar-refractivity contribution is 1.31. The van der Waals surface area contributed by atoms with E-state index < -0.39 is 0 Å². The van der Waals surface area contributed by atoms with Crippen LogP contribution in [0.4, 0.5) is 0 Å². The Hall–Kier alpha value is 0.260. The third-order valence-corrected chi connectivity index (χ3v) is 3.74. The highest BCUT2D eigenvalue weighted by molar-refractivity contribution is 14.1. The average Bonchev–Trinajstić information content (AvgIpc) is 2.19. The molecule has 0 atom stereocenters. The molecule has 0 unspecified atom stereocenters. The van der Waals surface area contributed by atoms with Gasteiger partial charge in [0.15, 0.2) is 0 Å². The normalized spacial score (nSPS) is 10.6. The zero-order valence-corrected chi connectivity index (χ0v) is 13.3. The zero-order chi connectivity index (χ0) is 12.6. The van der Waals surface area contributed by atoms with E-state index in [2.05, 4.69) is 27.6 Å². The van der Waals surface area contributed by atoms with Gasteiger partial charge in [0.05, 0.1) is 20.8 Å². The second-order valence-corrected chi connectivity index (χ2v) is 6.13. The van der Waals surface area contributed by atoms with E-state index in [-0.39, 0.29) is 0 Å². The van der Waals surface area contributed by atoms with Gasteiger partial charge >= 0.3 is 0 Å². The third kappa shape index (κ3) is 2.99. The molecule has 0 bridgehead atoms. The van der Waals surface area contributed by atoms with Crippen LogP contribution < -0.4 is 0 Å². The lowest BCUT2D eigenvalue weighted by atomic mass is 10.1. The minimum atomic E-state index is 0.429. The standard InChI is InChI=1S/C11H4Cl4IN/c12-5-1-7(13)10(8(14)2-5)11-9(15)3-6(16)4-17-11/h1-4H. The van der Waals surface area contributed by atoms with Gasteiger partial charge in [-0.15, -0.1) is 0 Å². The van der Waals surface area contributed by atoms with Crippen molar-refractivity contribution in [3.05, 3.63) is 48.1 Å². The molecule has 6 heteroatoms. The fraction of sp³-hybridized carbons (Fsp3) is 0. The van der Waals surface area contributed by atoms with Crippen LogP contribution in [0.15, 0.2) is 24.4 Å². The number of hydrogen-bond acceptors (Lipinski definition) is 1. The largest absolute Gasteiger partial charge is 0.253 e. The summed E-state index contributed by atoms with van der Waals surface area (Å²) in [6.45, 7) is 0. The van der Waals surface area contributed by atoms with Crippen molar-refractivity contribution < 1.29 is 0 Å². The molecule has 0 aliphatic rings. The van der Waals surface area contributed by atoms with Crippen molar-refractivity contribution >= 4 is 69.0 Å². The van der Waals surface area contributed by atoms with Crippen LogP contribution in [-0.4, -0.2) is 4.98 Å². The van der Waals surface area contributed by atoms with Crippen LogP contribution in [0.1, 0.15) is 0 Å². The number of pyridine rings is 1. The Morgan fingerprint density at radius 1 is 0.882 bits per heavy atom. The first-order valence-electron chi connectivity index (χ1n) is 4.45. The maximum atomic E-state index is 6.13. The van der Waals surface area contributed by atoms with Gasteiger partial charge < -0.3 is 0 Å². The third-order valence-electron chi connectivity index (χ3n) is 2.05. The van der Waals surface area contributed by atoms with Gasteiger partial charge in [-0.3, -0.25) is 4.98 Å². The van der Waals surface area contributed by atoms with E-state index in [1.54, 1.807) is 24.4 Å². The van der Waals surface area contributed by atoms with Gasteiger partial charge in [-0.05, 0) is 40.8 Å². The summed E-state index contributed by atoms with van der Waals surface area (Å²) in [5.41, 5.74) is 1.15. The van der Waals surface area contributed by atoms with E-state index in [0.717, 1.165) is 3.57 Å². The topological polar surface area (TPSA) is 12.9 Å². The summed E-state index contributed by atoms with van der Waals surface area (Å²) >= 11 is 26.3. The monoisotopic (exact) mass is 417 g/mol. The maximum absolute atomic E-state index is 6.13. The lowest BCUT2D eigenvalue weighted by Gasteiger charge is -2.09. The highest BCUT2D eigenvalue weighted by atomic mass is 127. The molecule has 0 saturated carbocycles. The molecule has 17 heavy (non-hydrogen) atoms. The number of hydrogen-bond donors (Lipinski definition) is 0. The molecule has 0 fully saturated rings. The summed E-state index contributed by atoms with van der Waals surface area (Å²) in [6, 6.07) is 5.02. The maximum Gasteiger partial charge on any atom is 0.0918 e. The van der Waals surface area contributed by atoms with E-state index >= 15 is 0 Å². The number of benzene rings is 1. The molecule has 0 spiro atoms. The van der Waals surface area contributed by atoms with Crippen molar-refractivity contribution in [3.63, 3.8) is 0 Å². The summed E-state index contributed by atoms with van der Waals surface area (Å²) in [5.74, 6) is 0. The van der Waals surface area contributed by atoms with E-state index in [1.807, 2.05) is 0 Å². The minimum Gasteiger partial charge on any atom is -0.253 e. The molecule has 1 aromatic heterocycles. The van der Waals surface area contributed by atoms with E-state index in [9.17, 15) is 0 Å². The van der Waals surface area contributed by atoms with Crippen LogP contribution in [0.5, 0.6) is 0 Å². The van der Waals surface area contributed by atoms with Gasteiger partial charge in [0, 0.05) is 20.4 Å². The molecule has 2 rings (SSSR count). The van der Waals surface area contributed by atoms with Crippen LogP contribution in [0.2, 0.25) is 20.1 Å². The molecule has 0 radical (unpaired) electrons. The van der Waals surface area contributed by atoms with Gasteiger partial charge in [-0.25, -0.2) is 0 Å². The summed E-state index contributed by atoms with van der Waals surface area (Å²) in [4.78, 5) is 4.25. The summed E-state index contributed by atoms with van der Waals surface area (Å²) in [6.07, 6.45) is 1.70. The van der Waals surface area contributed by atoms with Gasteiger partial charge in [0.25, 0.3) is 0 Å². The van der Waals surface area contributed by atoms with E-state index in [1.165, 1.54) is 0 Å². The summed E-state index contributed by atoms with van der Waals surface area (Å²) in [7, 11) is 0. The second kappa shape index (κ2) is 5.49. The van der Waals surface area contributed by atoms with Crippen LogP contribution in [-0.2, 0) is 0 Å². The van der Waals surface area contributed by atoms with Crippen molar-refractivity contribution in [3.8, 4) is 11.3 Å². The lowest BCUT2D eigenvalue weighted by Crippen LogP contribution is -1.89. The molecule has 88 valence electrons. The van der Waals surface area contributed by atoms with Gasteiger partial charge in [0.1, 0.15) is 0 Å². The van der Waals surface area contributed by atoms with Crippen molar-refractivity contribution in [1.29, 1.82) is 0 Å². The van der Waals surface area contributed by atoms with Gasteiger partial charge in [-0.1, -0.05) is 46.4 Å². The first-order valence-corrected chi connectivity index (χ1v) is 7.04. The molecule has 1 aromatic carbocycles. The number of aromatic nitrogens is 1. The highest BCUT2D eigenvalue weighted by Gasteiger charge is 2.14. The molecule has 0 saturated heterocycles. The molecular formula is C11H4Cl4IN. The molecule has 0 aliphatic heterocycles. The molecule has 0 amide bonds. The predicted octanol–water partition coefficient (Wildman–Crippen LogP) is 5.97. The van der Waals surface area contributed by atoms with Crippen molar-refractivity contribution in [1.82, 2.24) is 4.98 Å². The van der Waals surface area contributed by atoms with Crippen LogP contribution >= 0.6 is 69.0 Å². The average molecular weight is 419 g/mol. The molecule has 1 nitrogen and oxygen atoms in total. The van der Waals surface area contributed by atoms with Crippen LogP contribution in [0.3, 0.4) is 0 Å². The molecule has 0 aliphatic carbocycles. The quantitative estimate of drug-likeness (QED) is 0.520. The van der Waals surface area contributed by atoms with Gasteiger partial charge in [-0.2, -0.15) is 0 Å². The van der Waals surface area contributed by atoms with Crippen molar-refractivity contribution in [2.45, 2.75) is 0 Å². The fourth-order valence-electron chi connectivity index (χ4n) is 1.37. The second-order valence-electron chi connectivity index (χ2n) is 3.23. The Balaban J connectivity index is 2.68. The number of rotatable bonds is 1.